The Kier molecular flexibility index (Phi) is 4.61. The maximum atomic E-state index is 13.0. The van der Waals surface area contributed by atoms with E-state index in [-0.39, 0.29) is 12.1 Å². The van der Waals surface area contributed by atoms with Gasteiger partial charge in [0.1, 0.15) is 11.4 Å². The molecule has 0 unspecified atom stereocenters. The van der Waals surface area contributed by atoms with Crippen LogP contribution in [0.5, 0.6) is 0 Å². The van der Waals surface area contributed by atoms with Crippen LogP contribution < -0.4 is 5.56 Å². The predicted molar refractivity (Wildman–Crippen MR) is 106 cm³/mol. The fourth-order valence-electron chi connectivity index (χ4n) is 3.08. The van der Waals surface area contributed by atoms with Crippen LogP contribution in [0.3, 0.4) is 0 Å². The van der Waals surface area contributed by atoms with Crippen molar-refractivity contribution in [2.24, 2.45) is 5.92 Å². The van der Waals surface area contributed by atoms with Crippen molar-refractivity contribution in [3.05, 3.63) is 64.3 Å². The molecule has 7 heteroatoms. The molecule has 3 heterocycles. The highest BCUT2D eigenvalue weighted by molar-refractivity contribution is 7.22. The number of hydrogen-bond acceptors (Lipinski definition) is 6. The van der Waals surface area contributed by atoms with Crippen LogP contribution in [0.2, 0.25) is 0 Å². The minimum atomic E-state index is -0.0838. The molecule has 0 atom stereocenters. The molecule has 0 aliphatic carbocycles. The second kappa shape index (κ2) is 7.08. The van der Waals surface area contributed by atoms with Gasteiger partial charge >= 0.3 is 0 Å². The van der Waals surface area contributed by atoms with E-state index < -0.39 is 0 Å². The molecule has 4 rings (SSSR count). The molecule has 0 N–H and O–H groups in total. The molecule has 0 saturated heterocycles. The third-order valence-corrected chi connectivity index (χ3v) is 5.61. The molecular formula is C20H20N4O2S. The van der Waals surface area contributed by atoms with Gasteiger partial charge in [-0.2, -0.15) is 4.98 Å². The van der Waals surface area contributed by atoms with E-state index in [0.29, 0.717) is 23.0 Å². The lowest BCUT2D eigenvalue weighted by Gasteiger charge is -2.02. The first kappa shape index (κ1) is 17.6. The Balaban J connectivity index is 1.71. The normalized spacial score (nSPS) is 11.6. The largest absolute Gasteiger partial charge is 0.337 e. The summed E-state index contributed by atoms with van der Waals surface area (Å²) in [6, 6.07) is 10.1. The van der Waals surface area contributed by atoms with Crippen molar-refractivity contribution >= 4 is 21.6 Å². The minimum Gasteiger partial charge on any atom is -0.337 e. The summed E-state index contributed by atoms with van der Waals surface area (Å²) in [4.78, 5) is 23.7. The lowest BCUT2D eigenvalue weighted by molar-refractivity contribution is 0.362. The van der Waals surface area contributed by atoms with Gasteiger partial charge in [0.25, 0.3) is 5.56 Å². The van der Waals surface area contributed by atoms with Gasteiger partial charge in [-0.15, -0.1) is 11.3 Å². The van der Waals surface area contributed by atoms with Crippen LogP contribution in [0.25, 0.3) is 20.7 Å². The average Bonchev–Trinajstić information content (AvgIpc) is 3.22. The molecular weight excluding hydrogens is 360 g/mol. The molecule has 27 heavy (non-hydrogen) atoms. The zero-order valence-electron chi connectivity index (χ0n) is 15.5. The van der Waals surface area contributed by atoms with Gasteiger partial charge in [0, 0.05) is 11.3 Å². The predicted octanol–water partition coefficient (Wildman–Crippen LogP) is 4.06. The second-order valence-corrected chi connectivity index (χ2v) is 7.98. The average molecular weight is 380 g/mol. The van der Waals surface area contributed by atoms with E-state index in [9.17, 15) is 4.79 Å². The zero-order valence-corrected chi connectivity index (χ0v) is 16.3. The maximum absolute atomic E-state index is 13.0. The molecule has 0 spiro atoms. The van der Waals surface area contributed by atoms with E-state index in [2.05, 4.69) is 29.0 Å². The molecule has 0 fully saturated rings. The molecule has 0 amide bonds. The van der Waals surface area contributed by atoms with Crippen molar-refractivity contribution in [1.29, 1.82) is 0 Å². The van der Waals surface area contributed by atoms with E-state index in [1.54, 1.807) is 17.7 Å². The lowest BCUT2D eigenvalue weighted by atomic mass is 10.1. The Morgan fingerprint density at radius 3 is 2.74 bits per heavy atom. The molecule has 0 bridgehead atoms. The van der Waals surface area contributed by atoms with Crippen LogP contribution >= 0.6 is 11.3 Å². The Hall–Kier alpha value is -2.80. The fourth-order valence-corrected chi connectivity index (χ4v) is 4.23. The van der Waals surface area contributed by atoms with Crippen LogP contribution in [0.1, 0.15) is 31.1 Å². The first-order chi connectivity index (χ1) is 13.0. The summed E-state index contributed by atoms with van der Waals surface area (Å²) in [6.07, 6.45) is 2.31. The van der Waals surface area contributed by atoms with Crippen LogP contribution in [0, 0.1) is 12.8 Å². The first-order valence-electron chi connectivity index (χ1n) is 8.88. The molecule has 6 nitrogen and oxygen atoms in total. The van der Waals surface area contributed by atoms with Gasteiger partial charge in [-0.1, -0.05) is 49.3 Å². The monoisotopic (exact) mass is 380 g/mol. The molecule has 0 radical (unpaired) electrons. The Labute approximate surface area is 160 Å². The fraction of sp³-hybridized carbons (Fsp3) is 0.300. The summed E-state index contributed by atoms with van der Waals surface area (Å²) in [5.41, 5.74) is 1.97. The molecule has 0 saturated carbocycles. The lowest BCUT2D eigenvalue weighted by Crippen LogP contribution is -2.21. The van der Waals surface area contributed by atoms with Gasteiger partial charge in [0.2, 0.25) is 5.89 Å². The van der Waals surface area contributed by atoms with Crippen LogP contribution in [0.15, 0.2) is 46.0 Å². The van der Waals surface area contributed by atoms with Gasteiger partial charge in [-0.05, 0) is 24.0 Å². The molecule has 138 valence electrons. The topological polar surface area (TPSA) is 73.8 Å². The van der Waals surface area contributed by atoms with Crippen molar-refractivity contribution in [2.75, 3.05) is 0 Å². The number of benzene rings is 1. The number of nitrogens with zero attached hydrogens (tertiary/aromatic N) is 4. The summed E-state index contributed by atoms with van der Waals surface area (Å²) in [7, 11) is 0. The first-order valence-corrected chi connectivity index (χ1v) is 9.70. The molecule has 4 aromatic rings. The SMILES string of the molecule is Cc1c(-c2ccccc2)sc2ncn(Cc3nc(CC(C)C)no3)c(=O)c12. The van der Waals surface area contributed by atoms with E-state index in [0.717, 1.165) is 27.3 Å². The summed E-state index contributed by atoms with van der Waals surface area (Å²) < 4.78 is 6.83. The number of rotatable bonds is 5. The number of hydrogen-bond donors (Lipinski definition) is 0. The van der Waals surface area contributed by atoms with Crippen molar-refractivity contribution in [2.45, 2.75) is 33.7 Å². The minimum absolute atomic E-state index is 0.0838. The highest BCUT2D eigenvalue weighted by Crippen LogP contribution is 2.35. The Bertz CT molecular complexity index is 1140. The van der Waals surface area contributed by atoms with E-state index in [1.165, 1.54) is 4.57 Å². The van der Waals surface area contributed by atoms with Gasteiger partial charge < -0.3 is 4.52 Å². The second-order valence-electron chi connectivity index (χ2n) is 6.98. The van der Waals surface area contributed by atoms with E-state index >= 15 is 0 Å². The number of aryl methyl sites for hydroxylation is 1. The summed E-state index contributed by atoms with van der Waals surface area (Å²) in [5.74, 6) is 1.53. The highest BCUT2D eigenvalue weighted by Gasteiger charge is 2.17. The molecule has 3 aromatic heterocycles. The van der Waals surface area contributed by atoms with Crippen molar-refractivity contribution in [3.8, 4) is 10.4 Å². The number of fused-ring (bicyclic) bond motifs is 1. The number of thiophene rings is 1. The summed E-state index contributed by atoms with van der Waals surface area (Å²) in [5, 5.41) is 4.64. The third-order valence-electron chi connectivity index (χ3n) is 4.36. The van der Waals surface area contributed by atoms with Crippen molar-refractivity contribution < 1.29 is 4.52 Å². The maximum Gasteiger partial charge on any atom is 0.262 e. The van der Waals surface area contributed by atoms with Gasteiger partial charge in [-0.25, -0.2) is 4.98 Å². The quantitative estimate of drug-likeness (QED) is 0.522. The summed E-state index contributed by atoms with van der Waals surface area (Å²) in [6.45, 7) is 6.40. The van der Waals surface area contributed by atoms with Crippen LogP contribution in [-0.2, 0) is 13.0 Å². The smallest absolute Gasteiger partial charge is 0.262 e. The Morgan fingerprint density at radius 1 is 1.22 bits per heavy atom. The molecule has 0 aliphatic heterocycles. The zero-order chi connectivity index (χ0) is 19.0. The van der Waals surface area contributed by atoms with Crippen LogP contribution in [0.4, 0.5) is 0 Å². The highest BCUT2D eigenvalue weighted by atomic mass is 32.1. The van der Waals surface area contributed by atoms with Crippen molar-refractivity contribution in [3.63, 3.8) is 0 Å². The van der Waals surface area contributed by atoms with Crippen LogP contribution in [-0.4, -0.2) is 19.7 Å². The van der Waals surface area contributed by atoms with Gasteiger partial charge in [0.05, 0.1) is 11.7 Å². The Morgan fingerprint density at radius 2 is 2.00 bits per heavy atom. The number of aromatic nitrogens is 4. The third kappa shape index (κ3) is 3.42. The summed E-state index contributed by atoms with van der Waals surface area (Å²) >= 11 is 1.54. The van der Waals surface area contributed by atoms with Gasteiger partial charge in [-0.3, -0.25) is 9.36 Å². The van der Waals surface area contributed by atoms with Gasteiger partial charge in [0.15, 0.2) is 5.82 Å². The van der Waals surface area contributed by atoms with E-state index in [4.69, 9.17) is 4.52 Å². The van der Waals surface area contributed by atoms with Crippen molar-refractivity contribution in [1.82, 2.24) is 19.7 Å². The standard InChI is InChI=1S/C20H20N4O2S/c1-12(2)9-15-22-16(26-23-15)10-24-11-21-19-17(20(24)25)13(3)18(27-19)14-7-5-4-6-8-14/h4-8,11-12H,9-10H2,1-3H3. The molecule has 1 aromatic carbocycles. The van der Waals surface area contributed by atoms with E-state index in [1.807, 2.05) is 37.3 Å². The molecule has 0 aliphatic rings.